The van der Waals surface area contributed by atoms with E-state index in [1.807, 2.05) is 24.3 Å². The first-order valence-electron chi connectivity index (χ1n) is 11.7. The van der Waals surface area contributed by atoms with E-state index in [4.69, 9.17) is 4.74 Å². The van der Waals surface area contributed by atoms with Crippen molar-refractivity contribution in [2.45, 2.75) is 32.1 Å². The maximum Gasteiger partial charge on any atom is 0.407 e. The lowest BCUT2D eigenvalue weighted by Gasteiger charge is -2.14. The van der Waals surface area contributed by atoms with E-state index in [2.05, 4.69) is 34.9 Å². The normalized spacial score (nSPS) is 15.7. The smallest absolute Gasteiger partial charge is 0.407 e. The van der Waals surface area contributed by atoms with Gasteiger partial charge in [-0.15, -0.1) is 0 Å². The molecule has 2 aliphatic carbocycles. The first-order valence-corrected chi connectivity index (χ1v) is 11.7. The molecule has 34 heavy (non-hydrogen) atoms. The van der Waals surface area contributed by atoms with Gasteiger partial charge in [0.05, 0.1) is 5.92 Å². The molecule has 2 aliphatic rings. The minimum Gasteiger partial charge on any atom is -0.481 e. The molecule has 2 aromatic rings. The molecular formula is C27H30N2O5. The molecule has 2 aromatic carbocycles. The van der Waals surface area contributed by atoms with Crippen LogP contribution < -0.4 is 10.6 Å². The lowest BCUT2D eigenvalue weighted by molar-refractivity contribution is -0.142. The SMILES string of the molecule is C/C(=C\CNC(=O)OCC1c2ccccc2-c2ccccc21)C(=O)NCC(CC1CC1)C(=O)O. The van der Waals surface area contributed by atoms with Crippen LogP contribution in [-0.2, 0) is 14.3 Å². The van der Waals surface area contributed by atoms with Crippen molar-refractivity contribution in [1.82, 2.24) is 10.6 Å². The topological polar surface area (TPSA) is 105 Å². The Labute approximate surface area is 199 Å². The van der Waals surface area contributed by atoms with Gasteiger partial charge in [-0.3, -0.25) is 9.59 Å². The van der Waals surface area contributed by atoms with E-state index in [-0.39, 0.29) is 31.5 Å². The minimum atomic E-state index is -0.884. The van der Waals surface area contributed by atoms with Crippen molar-refractivity contribution in [3.05, 3.63) is 71.3 Å². The molecule has 0 saturated heterocycles. The summed E-state index contributed by atoms with van der Waals surface area (Å²) in [7, 11) is 0. The largest absolute Gasteiger partial charge is 0.481 e. The zero-order valence-corrected chi connectivity index (χ0v) is 19.3. The highest BCUT2D eigenvalue weighted by molar-refractivity contribution is 5.93. The van der Waals surface area contributed by atoms with Crippen LogP contribution in [0.15, 0.2) is 60.2 Å². The predicted molar refractivity (Wildman–Crippen MR) is 128 cm³/mol. The van der Waals surface area contributed by atoms with Crippen LogP contribution >= 0.6 is 0 Å². The second-order valence-corrected chi connectivity index (χ2v) is 9.02. The second-order valence-electron chi connectivity index (χ2n) is 9.02. The molecule has 1 saturated carbocycles. The van der Waals surface area contributed by atoms with Crippen LogP contribution in [0.1, 0.15) is 43.2 Å². The summed E-state index contributed by atoms with van der Waals surface area (Å²) in [4.78, 5) is 35.9. The molecule has 3 N–H and O–H groups in total. The highest BCUT2D eigenvalue weighted by Gasteiger charge is 2.30. The molecule has 0 radical (unpaired) electrons. The molecule has 1 fully saturated rings. The van der Waals surface area contributed by atoms with Crippen LogP contribution in [0.5, 0.6) is 0 Å². The van der Waals surface area contributed by atoms with Crippen LogP contribution in [0.25, 0.3) is 11.1 Å². The van der Waals surface area contributed by atoms with Gasteiger partial charge in [-0.2, -0.15) is 0 Å². The van der Waals surface area contributed by atoms with Crippen LogP contribution in [0.4, 0.5) is 4.79 Å². The summed E-state index contributed by atoms with van der Waals surface area (Å²) < 4.78 is 5.48. The zero-order valence-electron chi connectivity index (χ0n) is 19.3. The number of amides is 2. The van der Waals surface area contributed by atoms with Gasteiger partial charge in [0.2, 0.25) is 5.91 Å². The maximum absolute atomic E-state index is 12.3. The van der Waals surface area contributed by atoms with E-state index in [1.54, 1.807) is 13.0 Å². The zero-order chi connectivity index (χ0) is 24.1. The van der Waals surface area contributed by atoms with Crippen molar-refractivity contribution < 1.29 is 24.2 Å². The van der Waals surface area contributed by atoms with Gasteiger partial charge in [0.25, 0.3) is 0 Å². The Morgan fingerprint density at radius 1 is 1.03 bits per heavy atom. The van der Waals surface area contributed by atoms with Gasteiger partial charge in [-0.05, 0) is 41.5 Å². The van der Waals surface area contributed by atoms with Crippen LogP contribution in [-0.4, -0.2) is 42.8 Å². The van der Waals surface area contributed by atoms with Gasteiger partial charge in [-0.25, -0.2) is 4.79 Å². The Morgan fingerprint density at radius 2 is 1.65 bits per heavy atom. The third-order valence-electron chi connectivity index (χ3n) is 6.53. The van der Waals surface area contributed by atoms with Gasteiger partial charge in [0.15, 0.2) is 0 Å². The number of ether oxygens (including phenoxy) is 1. The molecule has 2 amide bonds. The number of carbonyl (C=O) groups is 3. The highest BCUT2D eigenvalue weighted by Crippen LogP contribution is 2.44. The third kappa shape index (κ3) is 5.65. The van der Waals surface area contributed by atoms with E-state index < -0.39 is 18.0 Å². The van der Waals surface area contributed by atoms with Crippen LogP contribution in [0, 0.1) is 11.8 Å². The molecule has 7 nitrogen and oxygen atoms in total. The summed E-state index contributed by atoms with van der Waals surface area (Å²) in [6.45, 7) is 2.10. The monoisotopic (exact) mass is 462 g/mol. The number of benzene rings is 2. The minimum absolute atomic E-state index is 0.0148. The van der Waals surface area contributed by atoms with E-state index >= 15 is 0 Å². The summed E-state index contributed by atoms with van der Waals surface area (Å²) in [5.41, 5.74) is 5.03. The van der Waals surface area contributed by atoms with Crippen molar-refractivity contribution in [3.63, 3.8) is 0 Å². The summed E-state index contributed by atoms with van der Waals surface area (Å²) in [5, 5.41) is 14.6. The summed E-state index contributed by atoms with van der Waals surface area (Å²) in [5.74, 6) is -1.33. The molecule has 1 unspecified atom stereocenters. The Morgan fingerprint density at radius 3 is 2.24 bits per heavy atom. The lowest BCUT2D eigenvalue weighted by Crippen LogP contribution is -2.34. The fraction of sp³-hybridized carbons (Fsp3) is 0.370. The first-order chi connectivity index (χ1) is 16.4. The molecule has 0 spiro atoms. The second kappa shape index (κ2) is 10.5. The maximum atomic E-state index is 12.3. The van der Waals surface area contributed by atoms with E-state index in [0.717, 1.165) is 24.0 Å². The summed E-state index contributed by atoms with van der Waals surface area (Å²) in [6.07, 6.45) is 3.77. The highest BCUT2D eigenvalue weighted by atomic mass is 16.5. The van der Waals surface area contributed by atoms with Crippen molar-refractivity contribution in [2.24, 2.45) is 11.8 Å². The van der Waals surface area contributed by atoms with Crippen molar-refractivity contribution in [3.8, 4) is 11.1 Å². The number of rotatable bonds is 10. The quantitative estimate of drug-likeness (QED) is 0.462. The van der Waals surface area contributed by atoms with Crippen molar-refractivity contribution in [2.75, 3.05) is 19.7 Å². The molecule has 0 bridgehead atoms. The summed E-state index contributed by atoms with van der Waals surface area (Å²) >= 11 is 0. The molecule has 1 atom stereocenters. The van der Waals surface area contributed by atoms with E-state index in [0.29, 0.717) is 17.9 Å². The number of alkyl carbamates (subject to hydrolysis) is 1. The summed E-state index contributed by atoms with van der Waals surface area (Å²) in [6, 6.07) is 16.3. The van der Waals surface area contributed by atoms with Gasteiger partial charge >= 0.3 is 12.1 Å². The Hall–Kier alpha value is -3.61. The number of carboxylic acids is 1. The van der Waals surface area contributed by atoms with Gasteiger partial charge in [-0.1, -0.05) is 67.4 Å². The average Bonchev–Trinajstić information content (AvgIpc) is 3.60. The molecule has 7 heteroatoms. The van der Waals surface area contributed by atoms with Crippen molar-refractivity contribution >= 4 is 18.0 Å². The standard InChI is InChI=1S/C27H30N2O5/c1-17(25(30)29-15-19(26(31)32)14-18-10-11-18)12-13-28-27(33)34-16-24-22-8-4-2-6-20(22)21-7-3-5-9-23(21)24/h2-9,12,18-19,24H,10-11,13-16H2,1H3,(H,28,33)(H,29,30)(H,31,32)/b17-12+. The van der Waals surface area contributed by atoms with Crippen LogP contribution in [0.3, 0.4) is 0 Å². The van der Waals surface area contributed by atoms with E-state index in [1.165, 1.54) is 11.1 Å². The van der Waals surface area contributed by atoms with Gasteiger partial charge in [0.1, 0.15) is 6.61 Å². The molecule has 0 heterocycles. The Balaban J connectivity index is 1.23. The molecule has 178 valence electrons. The molecule has 0 aliphatic heterocycles. The number of nitrogens with one attached hydrogen (secondary N) is 2. The van der Waals surface area contributed by atoms with Crippen molar-refractivity contribution in [1.29, 1.82) is 0 Å². The number of hydrogen-bond acceptors (Lipinski definition) is 4. The molecular weight excluding hydrogens is 432 g/mol. The average molecular weight is 463 g/mol. The number of carbonyl (C=O) groups excluding carboxylic acids is 2. The fourth-order valence-corrected chi connectivity index (χ4v) is 4.41. The number of hydrogen-bond donors (Lipinski definition) is 3. The van der Waals surface area contributed by atoms with Crippen LogP contribution in [0.2, 0.25) is 0 Å². The molecule has 4 rings (SSSR count). The van der Waals surface area contributed by atoms with Gasteiger partial charge in [0, 0.05) is 24.6 Å². The molecule has 0 aromatic heterocycles. The number of carboxylic acid groups (broad SMARTS) is 1. The number of fused-ring (bicyclic) bond motifs is 3. The Kier molecular flexibility index (Phi) is 7.30. The predicted octanol–water partition coefficient (Wildman–Crippen LogP) is 4.09. The fourth-order valence-electron chi connectivity index (χ4n) is 4.41. The van der Waals surface area contributed by atoms with Gasteiger partial charge < -0.3 is 20.5 Å². The first kappa shape index (κ1) is 23.5. The van der Waals surface area contributed by atoms with E-state index in [9.17, 15) is 19.5 Å². The Bertz CT molecular complexity index is 1060. The number of aliphatic carboxylic acids is 1. The lowest BCUT2D eigenvalue weighted by atomic mass is 9.98. The third-order valence-corrected chi connectivity index (χ3v) is 6.53.